The van der Waals surface area contributed by atoms with Gasteiger partial charge in [0, 0.05) is 0 Å². The summed E-state index contributed by atoms with van der Waals surface area (Å²) in [5.74, 6) is 0.532. The number of hydrogen-bond acceptors (Lipinski definition) is 1. The van der Waals surface area contributed by atoms with Crippen molar-refractivity contribution >= 4 is 0 Å². The molecule has 0 amide bonds. The highest BCUT2D eigenvalue weighted by Crippen LogP contribution is 2.25. The first kappa shape index (κ1) is 32.0. The quantitative estimate of drug-likeness (QED) is 0.129. The summed E-state index contributed by atoms with van der Waals surface area (Å²) < 4.78 is 0. The van der Waals surface area contributed by atoms with Crippen LogP contribution in [0.1, 0.15) is 179 Å². The molecule has 0 radical (unpaired) electrons. The highest BCUT2D eigenvalue weighted by molar-refractivity contribution is 5.39. The van der Waals surface area contributed by atoms with E-state index in [1.165, 1.54) is 165 Å². The van der Waals surface area contributed by atoms with Gasteiger partial charge in [0.2, 0.25) is 0 Å². The molecular formula is C34H62O. The first-order valence-corrected chi connectivity index (χ1v) is 16.1. The minimum atomic E-state index is 0.532. The number of benzene rings is 1. The summed E-state index contributed by atoms with van der Waals surface area (Å²) in [6.07, 6.45) is 35.6. The van der Waals surface area contributed by atoms with Crippen LogP contribution in [-0.4, -0.2) is 5.11 Å². The van der Waals surface area contributed by atoms with Gasteiger partial charge in [-0.3, -0.25) is 0 Å². The van der Waals surface area contributed by atoms with Crippen molar-refractivity contribution < 1.29 is 5.11 Å². The van der Waals surface area contributed by atoms with Crippen LogP contribution in [0.4, 0.5) is 0 Å². The summed E-state index contributed by atoms with van der Waals surface area (Å²) in [5.41, 5.74) is 2.64. The second-order valence-corrected chi connectivity index (χ2v) is 11.2. The lowest BCUT2D eigenvalue weighted by Gasteiger charge is -2.12. The van der Waals surface area contributed by atoms with Gasteiger partial charge in [0.25, 0.3) is 0 Å². The maximum Gasteiger partial charge on any atom is 0.119 e. The molecule has 0 heterocycles. The molecule has 1 heteroatoms. The Morgan fingerprint density at radius 1 is 0.429 bits per heavy atom. The predicted octanol–water partition coefficient (Wildman–Crippen LogP) is 11.9. The topological polar surface area (TPSA) is 20.2 Å². The van der Waals surface area contributed by atoms with Crippen molar-refractivity contribution in [1.29, 1.82) is 0 Å². The van der Waals surface area contributed by atoms with Gasteiger partial charge in [-0.1, -0.05) is 167 Å². The van der Waals surface area contributed by atoms with Crippen molar-refractivity contribution in [2.45, 2.75) is 181 Å². The lowest BCUT2D eigenvalue weighted by atomic mass is 9.95. The molecule has 0 atom stereocenters. The van der Waals surface area contributed by atoms with Gasteiger partial charge in [-0.05, 0) is 42.9 Å². The third-order valence-corrected chi connectivity index (χ3v) is 7.83. The van der Waals surface area contributed by atoms with E-state index in [-0.39, 0.29) is 0 Å². The van der Waals surface area contributed by atoms with Gasteiger partial charge in [-0.15, -0.1) is 0 Å². The van der Waals surface area contributed by atoms with Crippen LogP contribution in [0, 0.1) is 0 Å². The van der Waals surface area contributed by atoms with E-state index in [4.69, 9.17) is 0 Å². The molecule has 35 heavy (non-hydrogen) atoms. The Morgan fingerprint density at radius 2 is 0.771 bits per heavy atom. The molecule has 0 aliphatic carbocycles. The third-order valence-electron chi connectivity index (χ3n) is 7.83. The molecule has 0 unspecified atom stereocenters. The fourth-order valence-corrected chi connectivity index (χ4v) is 5.44. The molecule has 0 aromatic heterocycles. The van der Waals surface area contributed by atoms with Gasteiger partial charge >= 0.3 is 0 Å². The van der Waals surface area contributed by atoms with E-state index in [2.05, 4.69) is 19.9 Å². The van der Waals surface area contributed by atoms with E-state index >= 15 is 0 Å². The minimum absolute atomic E-state index is 0.532. The maximum absolute atomic E-state index is 10.5. The van der Waals surface area contributed by atoms with Crippen LogP contribution >= 0.6 is 0 Å². The molecule has 0 fully saturated rings. The van der Waals surface area contributed by atoms with Crippen LogP contribution in [0.3, 0.4) is 0 Å². The average Bonchev–Trinajstić information content (AvgIpc) is 2.86. The number of aromatic hydroxyl groups is 1. The average molecular weight is 487 g/mol. The Kier molecular flexibility index (Phi) is 22.6. The number of phenolic OH excluding ortho intramolecular Hbond substituents is 1. The van der Waals surface area contributed by atoms with E-state index in [9.17, 15) is 5.11 Å². The Morgan fingerprint density at radius 3 is 1.17 bits per heavy atom. The monoisotopic (exact) mass is 486 g/mol. The van der Waals surface area contributed by atoms with Gasteiger partial charge in [-0.2, -0.15) is 0 Å². The Labute approximate surface area is 220 Å². The molecule has 0 saturated heterocycles. The van der Waals surface area contributed by atoms with Crippen molar-refractivity contribution in [2.75, 3.05) is 0 Å². The molecule has 0 saturated carbocycles. The molecule has 1 N–H and O–H groups in total. The van der Waals surface area contributed by atoms with E-state index < -0.39 is 0 Å². The molecule has 1 rings (SSSR count). The molecule has 1 nitrogen and oxygen atoms in total. The number of rotatable bonds is 26. The Hall–Kier alpha value is -0.980. The van der Waals surface area contributed by atoms with Crippen LogP contribution in [0.15, 0.2) is 18.2 Å². The maximum atomic E-state index is 10.5. The second kappa shape index (κ2) is 24.7. The molecule has 0 aliphatic rings. The summed E-state index contributed by atoms with van der Waals surface area (Å²) in [5, 5.41) is 10.5. The lowest BCUT2D eigenvalue weighted by molar-refractivity contribution is 0.464. The van der Waals surface area contributed by atoms with Crippen LogP contribution in [0.5, 0.6) is 5.75 Å². The standard InChI is InChI=1S/C34H62O/c1-3-5-7-9-11-13-15-17-19-21-23-25-28-32-29-27-31-34(35)33(32)30-26-24-22-20-18-16-14-12-10-8-6-4-2/h27,29,31,35H,3-26,28,30H2,1-2H3. The van der Waals surface area contributed by atoms with E-state index in [0.717, 1.165) is 12.8 Å². The minimum Gasteiger partial charge on any atom is -0.508 e. The Balaban J connectivity index is 2.05. The smallest absolute Gasteiger partial charge is 0.119 e. The molecule has 1 aromatic rings. The third kappa shape index (κ3) is 18.9. The fraction of sp³-hybridized carbons (Fsp3) is 0.824. The number of phenols is 1. The summed E-state index contributed by atoms with van der Waals surface area (Å²) in [4.78, 5) is 0. The first-order chi connectivity index (χ1) is 17.3. The van der Waals surface area contributed by atoms with E-state index in [0.29, 0.717) is 5.75 Å². The zero-order valence-corrected chi connectivity index (χ0v) is 24.1. The highest BCUT2D eigenvalue weighted by Gasteiger charge is 2.07. The van der Waals surface area contributed by atoms with Gasteiger partial charge in [0.15, 0.2) is 0 Å². The number of unbranched alkanes of at least 4 members (excludes halogenated alkanes) is 22. The van der Waals surface area contributed by atoms with Crippen LogP contribution in [0.25, 0.3) is 0 Å². The number of hydrogen-bond donors (Lipinski definition) is 1. The van der Waals surface area contributed by atoms with Crippen molar-refractivity contribution in [3.8, 4) is 5.75 Å². The van der Waals surface area contributed by atoms with Crippen molar-refractivity contribution in [3.05, 3.63) is 29.3 Å². The molecule has 0 bridgehead atoms. The molecular weight excluding hydrogens is 424 g/mol. The SMILES string of the molecule is CCCCCCCCCCCCCCc1cccc(O)c1CCCCCCCCCCCCCC. The van der Waals surface area contributed by atoms with Crippen LogP contribution in [0.2, 0.25) is 0 Å². The van der Waals surface area contributed by atoms with Crippen LogP contribution in [-0.2, 0) is 12.8 Å². The first-order valence-electron chi connectivity index (χ1n) is 16.1. The van der Waals surface area contributed by atoms with Crippen molar-refractivity contribution in [3.63, 3.8) is 0 Å². The molecule has 1 aromatic carbocycles. The highest BCUT2D eigenvalue weighted by atomic mass is 16.3. The predicted molar refractivity (Wildman–Crippen MR) is 158 cm³/mol. The zero-order chi connectivity index (χ0) is 25.2. The van der Waals surface area contributed by atoms with E-state index in [1.54, 1.807) is 0 Å². The van der Waals surface area contributed by atoms with Gasteiger partial charge in [0.05, 0.1) is 0 Å². The molecule has 204 valence electrons. The summed E-state index contributed by atoms with van der Waals surface area (Å²) in [6, 6.07) is 6.19. The lowest BCUT2D eigenvalue weighted by Crippen LogP contribution is -1.96. The molecule has 0 spiro atoms. The zero-order valence-electron chi connectivity index (χ0n) is 24.1. The second-order valence-electron chi connectivity index (χ2n) is 11.2. The Bertz CT molecular complexity index is 564. The fourth-order valence-electron chi connectivity index (χ4n) is 5.44. The van der Waals surface area contributed by atoms with Gasteiger partial charge in [0.1, 0.15) is 5.75 Å². The summed E-state index contributed by atoms with van der Waals surface area (Å²) in [7, 11) is 0. The van der Waals surface area contributed by atoms with Crippen molar-refractivity contribution in [1.82, 2.24) is 0 Å². The van der Waals surface area contributed by atoms with Crippen molar-refractivity contribution in [2.24, 2.45) is 0 Å². The summed E-state index contributed by atoms with van der Waals surface area (Å²) in [6.45, 7) is 4.58. The van der Waals surface area contributed by atoms with Gasteiger partial charge < -0.3 is 5.11 Å². The van der Waals surface area contributed by atoms with E-state index in [1.807, 2.05) is 12.1 Å². The number of aryl methyl sites for hydroxylation is 1. The molecule has 0 aliphatic heterocycles. The van der Waals surface area contributed by atoms with Gasteiger partial charge in [-0.25, -0.2) is 0 Å². The van der Waals surface area contributed by atoms with Crippen LogP contribution < -0.4 is 0 Å². The normalized spacial score (nSPS) is 11.4. The largest absolute Gasteiger partial charge is 0.508 e. The summed E-state index contributed by atoms with van der Waals surface area (Å²) >= 11 is 0.